The second-order valence-corrected chi connectivity index (χ2v) is 17.1. The smallest absolute Gasteiger partial charge is 0.335 e. The van der Waals surface area contributed by atoms with Crippen molar-refractivity contribution in [2.24, 2.45) is 0 Å². The zero-order valence-electron chi connectivity index (χ0n) is 18.5. The third-order valence-corrected chi connectivity index (χ3v) is 9.39. The van der Waals surface area contributed by atoms with Gasteiger partial charge in [-0.15, -0.1) is 0 Å². The van der Waals surface area contributed by atoms with Crippen molar-refractivity contribution in [3.63, 3.8) is 0 Å². The Morgan fingerprint density at radius 2 is 1.68 bits per heavy atom. The number of sulfonamides is 1. The topological polar surface area (TPSA) is 63.7 Å². The molecule has 0 N–H and O–H groups in total. The van der Waals surface area contributed by atoms with Gasteiger partial charge in [-0.2, -0.15) is 4.31 Å². The van der Waals surface area contributed by atoms with Crippen molar-refractivity contribution in [1.29, 1.82) is 0 Å². The summed E-state index contributed by atoms with van der Waals surface area (Å²) in [4.78, 5) is 12.5. The van der Waals surface area contributed by atoms with Gasteiger partial charge < -0.3 is 4.74 Å². The monoisotopic (exact) mass is 523 g/mol. The second kappa shape index (κ2) is 11.2. The van der Waals surface area contributed by atoms with Gasteiger partial charge in [0.15, 0.2) is 0 Å². The van der Waals surface area contributed by atoms with E-state index in [1.165, 1.54) is 11.4 Å². The quantitative estimate of drug-likeness (QED) is 0.244. The van der Waals surface area contributed by atoms with Gasteiger partial charge in [-0.3, -0.25) is 0 Å². The lowest BCUT2D eigenvalue weighted by molar-refractivity contribution is -0.136. The first-order valence-corrected chi connectivity index (χ1v) is 16.2. The number of nitrogens with zero attached hydrogens (tertiary/aromatic N) is 1. The van der Waals surface area contributed by atoms with E-state index < -0.39 is 24.1 Å². The number of hydrogen-bond acceptors (Lipinski definition) is 4. The van der Waals surface area contributed by atoms with E-state index in [0.29, 0.717) is 6.04 Å². The van der Waals surface area contributed by atoms with E-state index >= 15 is 0 Å². The van der Waals surface area contributed by atoms with Crippen LogP contribution in [-0.2, 0) is 26.1 Å². The summed E-state index contributed by atoms with van der Waals surface area (Å²) in [5, 5.41) is 0. The Hall–Kier alpha value is -1.74. The molecular weight excluding hydrogens is 494 g/mol. The molecule has 0 aliphatic carbocycles. The molecular formula is C23H30BrNO4SSi. The van der Waals surface area contributed by atoms with E-state index in [-0.39, 0.29) is 24.4 Å². The van der Waals surface area contributed by atoms with Crippen LogP contribution >= 0.6 is 15.9 Å². The molecule has 31 heavy (non-hydrogen) atoms. The fourth-order valence-electron chi connectivity index (χ4n) is 2.87. The summed E-state index contributed by atoms with van der Waals surface area (Å²) in [5.41, 5.74) is 1.93. The van der Waals surface area contributed by atoms with Crippen LogP contribution in [0.5, 0.6) is 0 Å². The summed E-state index contributed by atoms with van der Waals surface area (Å²) < 4.78 is 33.9. The maximum Gasteiger partial charge on any atom is 0.335 e. The van der Waals surface area contributed by atoms with E-state index in [2.05, 4.69) is 35.6 Å². The van der Waals surface area contributed by atoms with Gasteiger partial charge >= 0.3 is 5.97 Å². The Morgan fingerprint density at radius 1 is 1.06 bits per heavy atom. The molecule has 168 valence electrons. The average molecular weight is 525 g/mol. The van der Waals surface area contributed by atoms with Crippen LogP contribution in [0.25, 0.3) is 6.08 Å². The van der Waals surface area contributed by atoms with Crippen LogP contribution in [0.2, 0.25) is 25.7 Å². The first kappa shape index (κ1) is 25.5. The van der Waals surface area contributed by atoms with Crippen LogP contribution in [0.15, 0.2) is 64.6 Å². The molecule has 8 heteroatoms. The zero-order valence-corrected chi connectivity index (χ0v) is 21.9. The molecule has 0 fully saturated rings. The number of ether oxygens (including phenoxy) is 1. The fourth-order valence-corrected chi connectivity index (χ4v) is 7.70. The zero-order chi connectivity index (χ0) is 23.1. The van der Waals surface area contributed by atoms with Crippen LogP contribution in [0.4, 0.5) is 0 Å². The van der Waals surface area contributed by atoms with Crippen LogP contribution < -0.4 is 0 Å². The number of hydrogen-bond donors (Lipinski definition) is 0. The number of halogens is 1. The van der Waals surface area contributed by atoms with Gasteiger partial charge in [-0.05, 0) is 29.3 Å². The Bertz CT molecular complexity index is 1020. The maximum absolute atomic E-state index is 13.3. The summed E-state index contributed by atoms with van der Waals surface area (Å²) in [7, 11) is -3.86. The van der Waals surface area contributed by atoms with Gasteiger partial charge in [-0.1, -0.05) is 84.1 Å². The fraction of sp³-hybridized carbons (Fsp3) is 0.348. The summed E-state index contributed by atoms with van der Waals surface area (Å²) >= 11 is 3.50. The molecule has 0 aliphatic rings. The Balaban J connectivity index is 2.43. The van der Waals surface area contributed by atoms with Gasteiger partial charge in [0.2, 0.25) is 10.0 Å². The normalized spacial score (nSPS) is 12.8. The molecule has 0 heterocycles. The van der Waals surface area contributed by atoms with Gasteiger partial charge in [0, 0.05) is 25.6 Å². The second-order valence-electron chi connectivity index (χ2n) is 8.56. The first-order chi connectivity index (χ1) is 14.5. The Kier molecular flexibility index (Phi) is 9.23. The Labute approximate surface area is 195 Å². The predicted octanol–water partition coefficient (Wildman–Crippen LogP) is 5.18. The molecule has 0 amide bonds. The average Bonchev–Trinajstić information content (AvgIpc) is 2.72. The van der Waals surface area contributed by atoms with E-state index in [0.717, 1.165) is 15.6 Å². The molecule has 0 bridgehead atoms. The first-order valence-electron chi connectivity index (χ1n) is 10.1. The number of esters is 1. The van der Waals surface area contributed by atoms with Crippen molar-refractivity contribution in [2.75, 3.05) is 19.4 Å². The molecule has 0 saturated carbocycles. The number of carbonyl (C=O) groups excluding carboxylic acids is 1. The molecule has 0 radical (unpaired) electrons. The highest BCUT2D eigenvalue weighted by Gasteiger charge is 2.28. The lowest BCUT2D eigenvalue weighted by Gasteiger charge is -2.25. The molecule has 0 aliphatic heterocycles. The summed E-state index contributed by atoms with van der Waals surface area (Å²) in [6, 6.07) is 17.5. The van der Waals surface area contributed by atoms with Crippen LogP contribution in [-0.4, -0.2) is 46.2 Å². The third-order valence-electron chi connectivity index (χ3n) is 4.74. The summed E-state index contributed by atoms with van der Waals surface area (Å²) in [6.45, 7) is 6.55. The minimum absolute atomic E-state index is 0.0586. The van der Waals surface area contributed by atoms with Gasteiger partial charge in [0.05, 0.1) is 18.4 Å². The van der Waals surface area contributed by atoms with Crippen molar-refractivity contribution in [3.05, 3.63) is 75.8 Å². The molecule has 0 unspecified atom stereocenters. The third kappa shape index (κ3) is 8.37. The number of carbonyl (C=O) groups is 1. The van der Waals surface area contributed by atoms with Crippen LogP contribution in [0, 0.1) is 0 Å². The van der Waals surface area contributed by atoms with E-state index in [4.69, 9.17) is 4.74 Å². The van der Waals surface area contributed by atoms with E-state index in [1.54, 1.807) is 6.08 Å². The van der Waals surface area contributed by atoms with E-state index in [9.17, 15) is 13.2 Å². The number of methoxy groups -OCH3 is 1. The Morgan fingerprint density at radius 3 is 2.26 bits per heavy atom. The molecule has 2 rings (SSSR count). The lowest BCUT2D eigenvalue weighted by atomic mass is 10.1. The summed E-state index contributed by atoms with van der Waals surface area (Å²) in [6.07, 6.45) is 1.69. The minimum atomic E-state index is -3.60. The molecule has 2 aromatic carbocycles. The van der Waals surface area contributed by atoms with Crippen molar-refractivity contribution in [3.8, 4) is 0 Å². The highest BCUT2D eigenvalue weighted by molar-refractivity contribution is 9.10. The highest BCUT2D eigenvalue weighted by Crippen LogP contribution is 2.23. The standard InChI is InChI=1S/C23H30BrNO4SSi/c1-29-23(26)21(16-19-10-6-5-7-11-19)18-25(17-20-12-8-9-13-22(20)24)30(27,28)14-15-31(2,3)4/h5-13,16H,14-15,17-18H2,1-4H3/b21-16-. The molecule has 0 spiro atoms. The SMILES string of the molecule is COC(=O)/C(=C\c1ccccc1)CN(Cc1ccccc1Br)S(=O)(=O)CC[Si](C)(C)C. The van der Waals surface area contributed by atoms with Crippen LogP contribution in [0.3, 0.4) is 0 Å². The van der Waals surface area contributed by atoms with Gasteiger partial charge in [-0.25, -0.2) is 13.2 Å². The van der Waals surface area contributed by atoms with Crippen molar-refractivity contribution in [1.82, 2.24) is 4.31 Å². The van der Waals surface area contributed by atoms with Crippen LogP contribution in [0.1, 0.15) is 11.1 Å². The van der Waals surface area contributed by atoms with Crippen molar-refractivity contribution in [2.45, 2.75) is 32.2 Å². The van der Waals surface area contributed by atoms with Gasteiger partial charge in [0.1, 0.15) is 0 Å². The maximum atomic E-state index is 13.3. The predicted molar refractivity (Wildman–Crippen MR) is 133 cm³/mol. The van der Waals surface area contributed by atoms with Crippen molar-refractivity contribution < 1.29 is 17.9 Å². The lowest BCUT2D eigenvalue weighted by Crippen LogP contribution is -2.37. The number of rotatable bonds is 10. The molecule has 2 aromatic rings. The molecule has 5 nitrogen and oxygen atoms in total. The molecule has 0 aromatic heterocycles. The largest absolute Gasteiger partial charge is 0.466 e. The van der Waals surface area contributed by atoms with Gasteiger partial charge in [0.25, 0.3) is 0 Å². The summed E-state index contributed by atoms with van der Waals surface area (Å²) in [5.74, 6) is -0.478. The highest BCUT2D eigenvalue weighted by atomic mass is 79.9. The molecule has 0 saturated heterocycles. The van der Waals surface area contributed by atoms with Crippen molar-refractivity contribution >= 4 is 46.1 Å². The molecule has 0 atom stereocenters. The number of benzene rings is 2. The van der Waals surface area contributed by atoms with E-state index in [1.807, 2.05) is 54.6 Å². The minimum Gasteiger partial charge on any atom is -0.466 e.